The van der Waals surface area contributed by atoms with Gasteiger partial charge in [-0.2, -0.15) is 0 Å². The molecule has 0 unspecified atom stereocenters. The average molecular weight is 454 g/mol. The molecule has 1 aliphatic heterocycles. The summed E-state index contributed by atoms with van der Waals surface area (Å²) in [4.78, 5) is 29.6. The van der Waals surface area contributed by atoms with Gasteiger partial charge in [-0.3, -0.25) is 9.69 Å². The first-order valence-electron chi connectivity index (χ1n) is 9.18. The number of amides is 3. The van der Waals surface area contributed by atoms with Crippen molar-refractivity contribution in [3.63, 3.8) is 0 Å². The molecule has 1 aromatic heterocycles. The molecule has 0 atom stereocenters. The molecule has 1 N–H and O–H groups in total. The fourth-order valence-corrected chi connectivity index (χ4v) is 3.97. The third-order valence-corrected chi connectivity index (χ3v) is 5.38. The van der Waals surface area contributed by atoms with Crippen molar-refractivity contribution in [2.45, 2.75) is 12.1 Å². The van der Waals surface area contributed by atoms with Gasteiger partial charge in [0.1, 0.15) is 5.76 Å². The highest BCUT2D eigenvalue weighted by atomic mass is 79.9. The molecule has 1 fully saturated rings. The largest absolute Gasteiger partial charge is 0.453 e. The Balaban J connectivity index is 1.65. The molecule has 0 bridgehead atoms. The van der Waals surface area contributed by atoms with Gasteiger partial charge in [-0.05, 0) is 46.2 Å². The van der Waals surface area contributed by atoms with Crippen LogP contribution in [0.3, 0.4) is 0 Å². The average Bonchev–Trinajstić information content (AvgIpc) is 3.25. The molecule has 7 heteroatoms. The lowest BCUT2D eigenvalue weighted by Gasteiger charge is -2.28. The Hall–Kier alpha value is -2.90. The summed E-state index contributed by atoms with van der Waals surface area (Å²) in [5.74, 6) is 0.441. The van der Waals surface area contributed by atoms with Crippen LogP contribution in [0.4, 0.5) is 4.79 Å². The van der Waals surface area contributed by atoms with E-state index in [1.54, 1.807) is 0 Å². The zero-order valence-corrected chi connectivity index (χ0v) is 17.4. The van der Waals surface area contributed by atoms with Crippen LogP contribution in [0.1, 0.15) is 16.9 Å². The molecule has 1 aliphatic rings. The van der Waals surface area contributed by atoms with Crippen molar-refractivity contribution in [2.75, 3.05) is 13.7 Å². The molecule has 0 aliphatic carbocycles. The summed E-state index contributed by atoms with van der Waals surface area (Å²) in [6, 6.07) is 21.9. The summed E-state index contributed by atoms with van der Waals surface area (Å²) >= 11 is 3.28. The topological polar surface area (TPSA) is 65.8 Å². The van der Waals surface area contributed by atoms with Crippen molar-refractivity contribution in [3.05, 3.63) is 94.4 Å². The van der Waals surface area contributed by atoms with Gasteiger partial charge in [-0.25, -0.2) is 9.69 Å². The van der Waals surface area contributed by atoms with Crippen LogP contribution >= 0.6 is 15.9 Å². The van der Waals surface area contributed by atoms with E-state index in [2.05, 4.69) is 21.2 Å². The van der Waals surface area contributed by atoms with Crippen molar-refractivity contribution in [1.82, 2.24) is 15.1 Å². The molecular weight excluding hydrogens is 434 g/mol. The van der Waals surface area contributed by atoms with Crippen molar-refractivity contribution in [3.8, 4) is 0 Å². The summed E-state index contributed by atoms with van der Waals surface area (Å²) in [7, 11) is 1.84. The second-order valence-corrected chi connectivity index (χ2v) is 7.79. The minimum absolute atomic E-state index is 0.143. The number of nitrogens with one attached hydrogen (secondary N) is 1. The van der Waals surface area contributed by atoms with Gasteiger partial charge in [0, 0.05) is 0 Å². The molecule has 3 amide bonds. The number of carbonyl (C=O) groups excluding carboxylic acids is 2. The Kier molecular flexibility index (Phi) is 5.25. The highest BCUT2D eigenvalue weighted by Gasteiger charge is 2.53. The molecule has 1 saturated heterocycles. The van der Waals surface area contributed by atoms with Crippen LogP contribution in [-0.4, -0.2) is 35.5 Å². The van der Waals surface area contributed by atoms with E-state index >= 15 is 0 Å². The zero-order valence-electron chi connectivity index (χ0n) is 15.8. The second-order valence-electron chi connectivity index (χ2n) is 7.01. The molecule has 29 heavy (non-hydrogen) atoms. The van der Waals surface area contributed by atoms with Crippen LogP contribution in [0.25, 0.3) is 0 Å². The number of urea groups is 1. The van der Waals surface area contributed by atoms with E-state index in [9.17, 15) is 9.59 Å². The number of rotatable bonds is 6. The lowest BCUT2D eigenvalue weighted by Crippen LogP contribution is -2.46. The molecule has 2 heterocycles. The Morgan fingerprint density at radius 3 is 2.07 bits per heavy atom. The Labute approximate surface area is 177 Å². The van der Waals surface area contributed by atoms with Gasteiger partial charge in [0.2, 0.25) is 0 Å². The van der Waals surface area contributed by atoms with E-state index in [4.69, 9.17) is 4.42 Å². The van der Waals surface area contributed by atoms with Crippen molar-refractivity contribution in [1.29, 1.82) is 0 Å². The molecule has 148 valence electrons. The maximum Gasteiger partial charge on any atom is 0.326 e. The van der Waals surface area contributed by atoms with E-state index in [1.165, 1.54) is 4.90 Å². The number of carbonyl (C=O) groups is 2. The third-order valence-electron chi connectivity index (χ3n) is 4.96. The van der Waals surface area contributed by atoms with Gasteiger partial charge < -0.3 is 9.73 Å². The number of hydrogen-bond donors (Lipinski definition) is 1. The maximum atomic E-state index is 13.6. The summed E-state index contributed by atoms with van der Waals surface area (Å²) in [6.07, 6.45) is 0. The fraction of sp³-hybridized carbons (Fsp3) is 0.182. The van der Waals surface area contributed by atoms with E-state index in [-0.39, 0.29) is 12.6 Å². The molecule has 2 aromatic carbocycles. The van der Waals surface area contributed by atoms with Gasteiger partial charge in [-0.15, -0.1) is 0 Å². The Morgan fingerprint density at radius 1 is 0.966 bits per heavy atom. The van der Waals surface area contributed by atoms with Gasteiger partial charge in [0.05, 0.1) is 13.2 Å². The molecular formula is C22H20BrN3O3. The van der Waals surface area contributed by atoms with Crippen LogP contribution in [0.15, 0.2) is 81.9 Å². The normalized spacial score (nSPS) is 15.8. The quantitative estimate of drug-likeness (QED) is 0.574. The molecule has 3 aromatic rings. The Bertz CT molecular complexity index is 981. The van der Waals surface area contributed by atoms with Gasteiger partial charge in [0.25, 0.3) is 5.91 Å². The van der Waals surface area contributed by atoms with E-state index in [0.29, 0.717) is 11.2 Å². The van der Waals surface area contributed by atoms with Crippen LogP contribution < -0.4 is 5.32 Å². The molecule has 4 rings (SSSR count). The highest BCUT2D eigenvalue weighted by molar-refractivity contribution is 9.10. The number of furan rings is 1. The van der Waals surface area contributed by atoms with Crippen LogP contribution in [0.2, 0.25) is 0 Å². The SMILES string of the molecule is CN(Cc1ccc(Br)o1)CN1C(=O)NC(c2ccccc2)(c2ccccc2)C1=O. The van der Waals surface area contributed by atoms with Crippen LogP contribution in [0.5, 0.6) is 0 Å². The summed E-state index contributed by atoms with van der Waals surface area (Å²) in [5, 5.41) is 2.95. The lowest BCUT2D eigenvalue weighted by molar-refractivity contribution is -0.131. The molecule has 0 saturated carbocycles. The zero-order chi connectivity index (χ0) is 20.4. The number of benzene rings is 2. The lowest BCUT2D eigenvalue weighted by atomic mass is 9.83. The minimum atomic E-state index is -1.24. The standard InChI is InChI=1S/C22H20BrN3O3/c1-25(14-18-12-13-19(23)29-18)15-26-20(27)22(24-21(26)28,16-8-4-2-5-9-16)17-10-6-3-7-11-17/h2-13H,14-15H2,1H3,(H,24,28). The minimum Gasteiger partial charge on any atom is -0.453 e. The van der Waals surface area contributed by atoms with Crippen LogP contribution in [-0.2, 0) is 16.9 Å². The summed E-state index contributed by atoms with van der Waals surface area (Å²) in [6.45, 7) is 0.608. The maximum absolute atomic E-state index is 13.6. The summed E-state index contributed by atoms with van der Waals surface area (Å²) < 4.78 is 6.16. The number of hydrogen-bond acceptors (Lipinski definition) is 4. The molecule has 0 spiro atoms. The first-order valence-corrected chi connectivity index (χ1v) is 9.98. The monoisotopic (exact) mass is 453 g/mol. The number of halogens is 1. The third kappa shape index (κ3) is 3.59. The van der Waals surface area contributed by atoms with Crippen molar-refractivity contribution < 1.29 is 14.0 Å². The molecule has 0 radical (unpaired) electrons. The van der Waals surface area contributed by atoms with Crippen molar-refractivity contribution >= 4 is 27.9 Å². The first-order chi connectivity index (χ1) is 14.0. The van der Waals surface area contributed by atoms with Gasteiger partial charge in [-0.1, -0.05) is 60.7 Å². The van der Waals surface area contributed by atoms with Crippen molar-refractivity contribution in [2.24, 2.45) is 0 Å². The van der Waals surface area contributed by atoms with E-state index < -0.39 is 11.6 Å². The van der Waals surface area contributed by atoms with E-state index in [0.717, 1.165) is 16.9 Å². The Morgan fingerprint density at radius 2 is 1.55 bits per heavy atom. The number of imide groups is 1. The van der Waals surface area contributed by atoms with Gasteiger partial charge in [0.15, 0.2) is 10.2 Å². The smallest absolute Gasteiger partial charge is 0.326 e. The van der Waals surface area contributed by atoms with Gasteiger partial charge >= 0.3 is 6.03 Å². The highest BCUT2D eigenvalue weighted by Crippen LogP contribution is 2.36. The van der Waals surface area contributed by atoms with Crippen LogP contribution in [0, 0.1) is 0 Å². The number of nitrogens with zero attached hydrogens (tertiary/aromatic N) is 2. The molecule has 6 nitrogen and oxygen atoms in total. The van der Waals surface area contributed by atoms with E-state index in [1.807, 2.05) is 84.7 Å². The first kappa shape index (κ1) is 19.4. The fourth-order valence-electron chi connectivity index (χ4n) is 3.63. The second kappa shape index (κ2) is 7.85. The predicted molar refractivity (Wildman–Crippen MR) is 112 cm³/mol. The summed E-state index contributed by atoms with van der Waals surface area (Å²) in [5.41, 5.74) is 0.211. The predicted octanol–water partition coefficient (Wildman–Crippen LogP) is 3.93.